The van der Waals surface area contributed by atoms with Gasteiger partial charge in [-0.1, -0.05) is 18.6 Å². The van der Waals surface area contributed by atoms with Crippen molar-refractivity contribution >= 4 is 5.91 Å². The highest BCUT2D eigenvalue weighted by molar-refractivity contribution is 5.79. The molecule has 1 aromatic heterocycles. The van der Waals surface area contributed by atoms with Gasteiger partial charge in [-0.25, -0.2) is 0 Å². The van der Waals surface area contributed by atoms with E-state index in [4.69, 9.17) is 0 Å². The number of hydrogen-bond donors (Lipinski definition) is 1. The predicted molar refractivity (Wildman–Crippen MR) is 79.7 cm³/mol. The topological polar surface area (TPSA) is 34.0 Å². The van der Waals surface area contributed by atoms with Gasteiger partial charge < -0.3 is 9.88 Å². The summed E-state index contributed by atoms with van der Waals surface area (Å²) in [6.07, 6.45) is 7.34. The first-order valence-electron chi connectivity index (χ1n) is 7.28. The second kappa shape index (κ2) is 5.53. The number of aromatic nitrogens is 1. The van der Waals surface area contributed by atoms with Crippen LogP contribution in [0.3, 0.4) is 0 Å². The summed E-state index contributed by atoms with van der Waals surface area (Å²) in [6, 6.07) is 12.4. The van der Waals surface area contributed by atoms with E-state index >= 15 is 0 Å². The van der Waals surface area contributed by atoms with Crippen molar-refractivity contribution in [3.63, 3.8) is 0 Å². The highest BCUT2D eigenvalue weighted by atomic mass is 16.1. The van der Waals surface area contributed by atoms with Crippen molar-refractivity contribution in [3.05, 3.63) is 54.4 Å². The fourth-order valence-electron chi connectivity index (χ4n) is 2.53. The van der Waals surface area contributed by atoms with Crippen LogP contribution in [0.4, 0.5) is 0 Å². The molecule has 1 saturated carbocycles. The van der Waals surface area contributed by atoms with E-state index in [1.165, 1.54) is 6.42 Å². The SMILES string of the molecule is CC(NC(=O)C1CCC1)c1ccc(-n2cccc2)cc1. The minimum absolute atomic E-state index is 0.0711. The number of benzene rings is 1. The summed E-state index contributed by atoms with van der Waals surface area (Å²) >= 11 is 0. The molecule has 104 valence electrons. The van der Waals surface area contributed by atoms with Crippen LogP contribution in [-0.4, -0.2) is 10.5 Å². The van der Waals surface area contributed by atoms with E-state index in [-0.39, 0.29) is 17.9 Å². The Hall–Kier alpha value is -2.03. The number of nitrogens with zero attached hydrogens (tertiary/aromatic N) is 1. The van der Waals surface area contributed by atoms with E-state index in [1.54, 1.807) is 0 Å². The van der Waals surface area contributed by atoms with Crippen molar-refractivity contribution in [3.8, 4) is 5.69 Å². The Balaban J connectivity index is 1.66. The average Bonchev–Trinajstić information content (AvgIpc) is 2.90. The molecule has 0 bridgehead atoms. The van der Waals surface area contributed by atoms with E-state index in [1.807, 2.05) is 31.5 Å². The van der Waals surface area contributed by atoms with E-state index in [9.17, 15) is 4.79 Å². The number of carbonyl (C=O) groups is 1. The van der Waals surface area contributed by atoms with Gasteiger partial charge >= 0.3 is 0 Å². The zero-order valence-electron chi connectivity index (χ0n) is 11.8. The van der Waals surface area contributed by atoms with Crippen LogP contribution in [0.1, 0.15) is 37.8 Å². The second-order valence-electron chi connectivity index (χ2n) is 5.54. The summed E-state index contributed by atoms with van der Waals surface area (Å²) in [5.41, 5.74) is 2.28. The number of hydrogen-bond acceptors (Lipinski definition) is 1. The first-order chi connectivity index (χ1) is 9.74. The van der Waals surface area contributed by atoms with Crippen LogP contribution < -0.4 is 5.32 Å². The van der Waals surface area contributed by atoms with Crippen LogP contribution in [0.15, 0.2) is 48.8 Å². The smallest absolute Gasteiger partial charge is 0.223 e. The van der Waals surface area contributed by atoms with Gasteiger partial charge in [-0.2, -0.15) is 0 Å². The molecule has 1 unspecified atom stereocenters. The Labute approximate surface area is 119 Å². The molecule has 1 amide bonds. The molecule has 1 heterocycles. The molecule has 1 atom stereocenters. The Bertz CT molecular complexity index is 568. The number of carbonyl (C=O) groups excluding carboxylic acids is 1. The van der Waals surface area contributed by atoms with E-state index in [0.717, 1.165) is 24.1 Å². The maximum absolute atomic E-state index is 11.9. The molecule has 0 radical (unpaired) electrons. The predicted octanol–water partition coefficient (Wildman–Crippen LogP) is 3.45. The molecule has 3 heteroatoms. The summed E-state index contributed by atoms with van der Waals surface area (Å²) in [6.45, 7) is 2.04. The molecule has 1 aromatic carbocycles. The molecule has 0 aliphatic heterocycles. The fraction of sp³-hybridized carbons (Fsp3) is 0.353. The van der Waals surface area contributed by atoms with Crippen LogP contribution in [0.5, 0.6) is 0 Å². The van der Waals surface area contributed by atoms with Crippen molar-refractivity contribution in [2.24, 2.45) is 5.92 Å². The van der Waals surface area contributed by atoms with E-state index < -0.39 is 0 Å². The Kier molecular flexibility index (Phi) is 3.59. The van der Waals surface area contributed by atoms with Gasteiger partial charge in [-0.05, 0) is 49.6 Å². The molecule has 0 spiro atoms. The van der Waals surface area contributed by atoms with Crippen molar-refractivity contribution in [1.82, 2.24) is 9.88 Å². The summed E-state index contributed by atoms with van der Waals surface area (Å²) in [4.78, 5) is 11.9. The summed E-state index contributed by atoms with van der Waals surface area (Å²) in [7, 11) is 0. The molecule has 2 aromatic rings. The van der Waals surface area contributed by atoms with Gasteiger partial charge in [0.15, 0.2) is 0 Å². The molecule has 20 heavy (non-hydrogen) atoms. The lowest BCUT2D eigenvalue weighted by molar-refractivity contribution is -0.128. The molecular formula is C17H20N2O. The van der Waals surface area contributed by atoms with Crippen LogP contribution in [-0.2, 0) is 4.79 Å². The lowest BCUT2D eigenvalue weighted by atomic mass is 9.84. The molecule has 1 aliphatic rings. The summed E-state index contributed by atoms with van der Waals surface area (Å²) in [5, 5.41) is 3.11. The van der Waals surface area contributed by atoms with Crippen LogP contribution >= 0.6 is 0 Å². The third-order valence-electron chi connectivity index (χ3n) is 4.13. The zero-order chi connectivity index (χ0) is 13.9. The van der Waals surface area contributed by atoms with Gasteiger partial charge in [0, 0.05) is 24.0 Å². The maximum atomic E-state index is 11.9. The second-order valence-corrected chi connectivity index (χ2v) is 5.54. The molecule has 1 N–H and O–H groups in total. The quantitative estimate of drug-likeness (QED) is 0.905. The molecule has 3 nitrogen and oxygen atoms in total. The molecule has 1 aliphatic carbocycles. The lowest BCUT2D eigenvalue weighted by Crippen LogP contribution is -2.35. The van der Waals surface area contributed by atoms with Crippen molar-refractivity contribution < 1.29 is 4.79 Å². The first-order valence-corrected chi connectivity index (χ1v) is 7.28. The minimum Gasteiger partial charge on any atom is -0.349 e. The molecule has 1 fully saturated rings. The Morgan fingerprint density at radius 2 is 1.85 bits per heavy atom. The van der Waals surface area contributed by atoms with Crippen LogP contribution in [0.25, 0.3) is 5.69 Å². The third-order valence-corrected chi connectivity index (χ3v) is 4.13. The van der Waals surface area contributed by atoms with Gasteiger partial charge in [0.05, 0.1) is 6.04 Å². The van der Waals surface area contributed by atoms with Crippen LogP contribution in [0.2, 0.25) is 0 Å². The summed E-state index contributed by atoms with van der Waals surface area (Å²) < 4.78 is 2.07. The standard InChI is InChI=1S/C17H20N2O/c1-13(18-17(20)15-5-4-6-15)14-7-9-16(10-8-14)19-11-2-3-12-19/h2-3,7-13,15H,4-6H2,1H3,(H,18,20). The molecular weight excluding hydrogens is 248 g/mol. The van der Waals surface area contributed by atoms with Gasteiger partial charge in [-0.15, -0.1) is 0 Å². The highest BCUT2D eigenvalue weighted by Crippen LogP contribution is 2.27. The van der Waals surface area contributed by atoms with E-state index in [0.29, 0.717) is 0 Å². The van der Waals surface area contributed by atoms with Crippen LogP contribution in [0, 0.1) is 5.92 Å². The highest BCUT2D eigenvalue weighted by Gasteiger charge is 2.26. The minimum atomic E-state index is 0.0711. The number of amides is 1. The van der Waals surface area contributed by atoms with Gasteiger partial charge in [0.2, 0.25) is 5.91 Å². The Morgan fingerprint density at radius 1 is 1.20 bits per heavy atom. The van der Waals surface area contributed by atoms with Gasteiger partial charge in [0.1, 0.15) is 0 Å². The van der Waals surface area contributed by atoms with Crippen molar-refractivity contribution in [1.29, 1.82) is 0 Å². The molecule has 3 rings (SSSR count). The maximum Gasteiger partial charge on any atom is 0.223 e. The monoisotopic (exact) mass is 268 g/mol. The van der Waals surface area contributed by atoms with Crippen molar-refractivity contribution in [2.45, 2.75) is 32.2 Å². The summed E-state index contributed by atoms with van der Waals surface area (Å²) in [5.74, 6) is 0.454. The van der Waals surface area contributed by atoms with Gasteiger partial charge in [0.25, 0.3) is 0 Å². The Morgan fingerprint density at radius 3 is 2.40 bits per heavy atom. The third kappa shape index (κ3) is 2.62. The average molecular weight is 268 g/mol. The normalized spacial score (nSPS) is 16.4. The number of nitrogens with one attached hydrogen (secondary N) is 1. The number of rotatable bonds is 4. The van der Waals surface area contributed by atoms with E-state index in [2.05, 4.69) is 34.1 Å². The largest absolute Gasteiger partial charge is 0.349 e. The zero-order valence-corrected chi connectivity index (χ0v) is 11.8. The fourth-order valence-corrected chi connectivity index (χ4v) is 2.53. The lowest BCUT2D eigenvalue weighted by Gasteiger charge is -2.26. The van der Waals surface area contributed by atoms with Crippen molar-refractivity contribution in [2.75, 3.05) is 0 Å². The first kappa shape index (κ1) is 13.0. The van der Waals surface area contributed by atoms with Gasteiger partial charge in [-0.3, -0.25) is 4.79 Å². The molecule has 0 saturated heterocycles.